The Morgan fingerprint density at radius 1 is 1.20 bits per heavy atom. The van der Waals surface area contributed by atoms with Gasteiger partial charge in [-0.05, 0) is 50.1 Å². The zero-order valence-corrected chi connectivity index (χ0v) is 15.6. The summed E-state index contributed by atoms with van der Waals surface area (Å²) in [5.74, 6) is -0.239. The van der Waals surface area contributed by atoms with E-state index in [-0.39, 0.29) is 24.1 Å². The topological polar surface area (TPSA) is 75.7 Å². The van der Waals surface area contributed by atoms with Crippen molar-refractivity contribution in [2.24, 2.45) is 10.7 Å². The SMILES string of the molecule is Cc1cc(Cl)cc(C(=NC(C)CCC(N)=O)c2ccc(Cl)cc2)c1O. The smallest absolute Gasteiger partial charge is 0.217 e. The fourth-order valence-electron chi connectivity index (χ4n) is 2.46. The molecule has 0 radical (unpaired) electrons. The maximum Gasteiger partial charge on any atom is 0.217 e. The van der Waals surface area contributed by atoms with Crippen molar-refractivity contribution in [1.82, 2.24) is 0 Å². The van der Waals surface area contributed by atoms with Gasteiger partial charge in [0.1, 0.15) is 5.75 Å². The fraction of sp³-hybridized carbons (Fsp3) is 0.263. The fourth-order valence-corrected chi connectivity index (χ4v) is 2.86. The second-order valence-corrected chi connectivity index (χ2v) is 6.83. The van der Waals surface area contributed by atoms with Gasteiger partial charge in [-0.2, -0.15) is 0 Å². The van der Waals surface area contributed by atoms with E-state index in [1.807, 2.05) is 19.1 Å². The van der Waals surface area contributed by atoms with E-state index >= 15 is 0 Å². The number of rotatable bonds is 6. The number of carbonyl (C=O) groups is 1. The van der Waals surface area contributed by atoms with Crippen LogP contribution in [0.4, 0.5) is 0 Å². The van der Waals surface area contributed by atoms with E-state index in [2.05, 4.69) is 0 Å². The number of benzene rings is 2. The zero-order chi connectivity index (χ0) is 18.6. The Morgan fingerprint density at radius 3 is 2.44 bits per heavy atom. The van der Waals surface area contributed by atoms with Crippen molar-refractivity contribution in [3.05, 3.63) is 63.1 Å². The molecule has 1 atom stereocenters. The van der Waals surface area contributed by atoms with E-state index < -0.39 is 0 Å². The van der Waals surface area contributed by atoms with Crippen molar-refractivity contribution < 1.29 is 9.90 Å². The molecule has 0 aliphatic heterocycles. The molecule has 1 amide bonds. The molecule has 6 heteroatoms. The molecule has 2 rings (SSSR count). The van der Waals surface area contributed by atoms with E-state index in [0.717, 1.165) is 5.56 Å². The van der Waals surface area contributed by atoms with Gasteiger partial charge in [0.25, 0.3) is 0 Å². The van der Waals surface area contributed by atoms with Crippen LogP contribution in [0.3, 0.4) is 0 Å². The highest BCUT2D eigenvalue weighted by molar-refractivity contribution is 6.32. The lowest BCUT2D eigenvalue weighted by molar-refractivity contribution is -0.118. The molecule has 0 aliphatic rings. The summed E-state index contributed by atoms with van der Waals surface area (Å²) in [7, 11) is 0. The van der Waals surface area contributed by atoms with Gasteiger partial charge in [-0.1, -0.05) is 35.3 Å². The lowest BCUT2D eigenvalue weighted by atomic mass is 9.98. The first-order chi connectivity index (χ1) is 11.8. The number of nitrogens with zero attached hydrogens (tertiary/aromatic N) is 1. The number of aliphatic imine (C=N–C) groups is 1. The third-order valence-corrected chi connectivity index (χ3v) is 4.27. The highest BCUT2D eigenvalue weighted by Gasteiger charge is 2.16. The Balaban J connectivity index is 2.53. The molecule has 0 fully saturated rings. The molecule has 3 N–H and O–H groups in total. The van der Waals surface area contributed by atoms with Crippen molar-refractivity contribution >= 4 is 34.8 Å². The van der Waals surface area contributed by atoms with E-state index in [0.29, 0.717) is 33.3 Å². The Bertz CT molecular complexity index is 802. The number of aryl methyl sites for hydroxylation is 1. The Morgan fingerprint density at radius 2 is 1.84 bits per heavy atom. The maximum absolute atomic E-state index is 11.0. The summed E-state index contributed by atoms with van der Waals surface area (Å²) in [6, 6.07) is 10.4. The Hall–Kier alpha value is -2.04. The molecule has 0 bridgehead atoms. The standard InChI is InChI=1S/C19H20Cl2N2O2/c1-11-9-15(21)10-16(19(11)25)18(13-4-6-14(20)7-5-13)23-12(2)3-8-17(22)24/h4-7,9-10,12,25H,3,8H2,1-2H3,(H2,22,24). The number of aromatic hydroxyl groups is 1. The van der Waals surface area contributed by atoms with Gasteiger partial charge in [0, 0.05) is 33.6 Å². The predicted molar refractivity (Wildman–Crippen MR) is 103 cm³/mol. The van der Waals surface area contributed by atoms with Crippen LogP contribution in [0.2, 0.25) is 10.0 Å². The van der Waals surface area contributed by atoms with Gasteiger partial charge in [0.05, 0.1) is 5.71 Å². The number of halogens is 2. The highest BCUT2D eigenvalue weighted by Crippen LogP contribution is 2.30. The summed E-state index contributed by atoms with van der Waals surface area (Å²) in [4.78, 5) is 15.7. The summed E-state index contributed by atoms with van der Waals surface area (Å²) in [5.41, 5.74) is 7.81. The minimum absolute atomic E-state index is 0.125. The minimum Gasteiger partial charge on any atom is -0.507 e. The summed E-state index contributed by atoms with van der Waals surface area (Å²) in [5, 5.41) is 11.6. The van der Waals surface area contributed by atoms with Crippen molar-refractivity contribution in [1.29, 1.82) is 0 Å². The second-order valence-electron chi connectivity index (χ2n) is 5.96. The van der Waals surface area contributed by atoms with Gasteiger partial charge in [0.15, 0.2) is 0 Å². The number of phenols is 1. The third kappa shape index (κ3) is 5.21. The van der Waals surface area contributed by atoms with Crippen LogP contribution in [-0.4, -0.2) is 22.8 Å². The first kappa shape index (κ1) is 19.3. The van der Waals surface area contributed by atoms with Crippen LogP contribution in [-0.2, 0) is 4.79 Å². The first-order valence-corrected chi connectivity index (χ1v) is 8.65. The molecule has 25 heavy (non-hydrogen) atoms. The Labute approximate surface area is 157 Å². The number of hydrogen-bond donors (Lipinski definition) is 2. The molecule has 2 aromatic carbocycles. The summed E-state index contributed by atoms with van der Waals surface area (Å²) in [6.07, 6.45) is 0.770. The van der Waals surface area contributed by atoms with Gasteiger partial charge in [-0.3, -0.25) is 9.79 Å². The van der Waals surface area contributed by atoms with Crippen LogP contribution in [0.25, 0.3) is 0 Å². The van der Waals surface area contributed by atoms with Gasteiger partial charge >= 0.3 is 0 Å². The molecule has 0 aliphatic carbocycles. The van der Waals surface area contributed by atoms with Crippen molar-refractivity contribution in [2.75, 3.05) is 0 Å². The Kier molecular flexibility index (Phi) is 6.45. The lowest BCUT2D eigenvalue weighted by Gasteiger charge is -2.15. The minimum atomic E-state index is -0.364. The van der Waals surface area contributed by atoms with Gasteiger partial charge in [-0.25, -0.2) is 0 Å². The third-order valence-electron chi connectivity index (χ3n) is 3.80. The number of amides is 1. The molecule has 4 nitrogen and oxygen atoms in total. The number of nitrogens with two attached hydrogens (primary N) is 1. The predicted octanol–water partition coefficient (Wildman–Crippen LogP) is 4.50. The van der Waals surface area contributed by atoms with E-state index in [1.165, 1.54) is 0 Å². The quantitative estimate of drug-likeness (QED) is 0.725. The number of carbonyl (C=O) groups excluding carboxylic acids is 1. The number of hydrogen-bond acceptors (Lipinski definition) is 3. The molecule has 0 heterocycles. The average Bonchev–Trinajstić information content (AvgIpc) is 2.55. The first-order valence-electron chi connectivity index (χ1n) is 7.89. The van der Waals surface area contributed by atoms with Crippen LogP contribution in [0.1, 0.15) is 36.5 Å². The monoisotopic (exact) mass is 378 g/mol. The van der Waals surface area contributed by atoms with Crippen molar-refractivity contribution in [2.45, 2.75) is 32.7 Å². The normalized spacial score (nSPS) is 12.9. The van der Waals surface area contributed by atoms with Gasteiger partial charge in [0.2, 0.25) is 5.91 Å². The van der Waals surface area contributed by atoms with Gasteiger partial charge < -0.3 is 10.8 Å². The van der Waals surface area contributed by atoms with E-state index in [1.54, 1.807) is 31.2 Å². The molecule has 1 unspecified atom stereocenters. The summed E-state index contributed by atoms with van der Waals surface area (Å²) >= 11 is 12.1. The van der Waals surface area contributed by atoms with Crippen LogP contribution < -0.4 is 5.73 Å². The molecule has 0 aromatic heterocycles. The molecule has 0 saturated carbocycles. The molecule has 132 valence electrons. The van der Waals surface area contributed by atoms with Crippen molar-refractivity contribution in [3.63, 3.8) is 0 Å². The molecule has 2 aromatic rings. The summed E-state index contributed by atoms with van der Waals surface area (Å²) < 4.78 is 0. The van der Waals surface area contributed by atoms with Crippen LogP contribution >= 0.6 is 23.2 Å². The molecule has 0 saturated heterocycles. The highest BCUT2D eigenvalue weighted by atomic mass is 35.5. The maximum atomic E-state index is 11.0. The average molecular weight is 379 g/mol. The molecule has 0 spiro atoms. The molecular weight excluding hydrogens is 359 g/mol. The van der Waals surface area contributed by atoms with Crippen LogP contribution in [0, 0.1) is 6.92 Å². The second kappa shape index (κ2) is 8.37. The lowest BCUT2D eigenvalue weighted by Crippen LogP contribution is -2.15. The van der Waals surface area contributed by atoms with E-state index in [4.69, 9.17) is 33.9 Å². The number of phenolic OH excluding ortho intramolecular Hbond substituents is 1. The van der Waals surface area contributed by atoms with Crippen molar-refractivity contribution in [3.8, 4) is 5.75 Å². The zero-order valence-electron chi connectivity index (χ0n) is 14.1. The summed E-state index contributed by atoms with van der Waals surface area (Å²) in [6.45, 7) is 3.67. The van der Waals surface area contributed by atoms with E-state index in [9.17, 15) is 9.90 Å². The molecular formula is C19H20Cl2N2O2. The largest absolute Gasteiger partial charge is 0.507 e. The number of primary amides is 1. The van der Waals surface area contributed by atoms with Crippen LogP contribution in [0.15, 0.2) is 41.4 Å². The van der Waals surface area contributed by atoms with Gasteiger partial charge in [-0.15, -0.1) is 0 Å². The van der Waals surface area contributed by atoms with Crippen LogP contribution in [0.5, 0.6) is 5.75 Å².